The predicted octanol–water partition coefficient (Wildman–Crippen LogP) is 6.69. The van der Waals surface area contributed by atoms with Gasteiger partial charge in [0.25, 0.3) is 0 Å². The van der Waals surface area contributed by atoms with Crippen LogP contribution in [0.4, 0.5) is 22.7 Å². The maximum absolute atomic E-state index is 11.3. The fraction of sp³-hybridized carbons (Fsp3) is 0. The van der Waals surface area contributed by atoms with Crippen molar-refractivity contribution in [1.82, 2.24) is 0 Å². The number of nitrogens with zero attached hydrogens (tertiary/aromatic N) is 8. The number of amidine groups is 2. The summed E-state index contributed by atoms with van der Waals surface area (Å²) in [5.74, 6) is 0.197. The monoisotopic (exact) mass is 935 g/mol. The van der Waals surface area contributed by atoms with Gasteiger partial charge in [-0.15, -0.1) is 31.8 Å². The third-order valence-corrected chi connectivity index (χ3v) is 9.62. The molecule has 0 bridgehead atoms. The number of rotatable bonds is 10. The molecule has 0 radical (unpaired) electrons. The number of sulfonamides is 2. The number of hydrogen-bond acceptors (Lipinski definition) is 10. The van der Waals surface area contributed by atoms with Gasteiger partial charge in [0.15, 0.2) is 11.7 Å². The maximum atomic E-state index is 11.3. The zero-order valence-corrected chi connectivity index (χ0v) is 37.3. The van der Waals surface area contributed by atoms with Gasteiger partial charge in [0, 0.05) is 38.2 Å². The fourth-order valence-corrected chi connectivity index (χ4v) is 5.78. The Morgan fingerprint density at radius 3 is 1.17 bits per heavy atom. The normalized spacial score (nSPS) is 11.9. The number of phenolic OH excluding ortho intramolecular Hbond substituents is 2. The van der Waals surface area contributed by atoms with E-state index in [1.807, 2.05) is 12.1 Å². The van der Waals surface area contributed by atoms with Crippen molar-refractivity contribution in [3.8, 4) is 11.5 Å². The van der Waals surface area contributed by atoms with Gasteiger partial charge < -0.3 is 31.3 Å². The summed E-state index contributed by atoms with van der Waals surface area (Å²) in [5, 5.41) is 55.1. The van der Waals surface area contributed by atoms with E-state index < -0.39 is 20.0 Å². The number of halogens is 2. The molecule has 6 aromatic carbocycles. The second-order valence-electron chi connectivity index (χ2n) is 11.5. The molecule has 0 aliphatic carbocycles. The number of nitrogens with two attached hydrogens (primary N) is 2. The van der Waals surface area contributed by atoms with Crippen LogP contribution in [0.3, 0.4) is 0 Å². The van der Waals surface area contributed by atoms with Crippen LogP contribution < -0.4 is 39.8 Å². The Balaban J connectivity index is 0.000000310. The number of hydrogen-bond donors (Lipinski definition) is 4. The van der Waals surface area contributed by atoms with Crippen molar-refractivity contribution in [2.75, 3.05) is 0 Å². The van der Waals surface area contributed by atoms with Gasteiger partial charge in [0.05, 0.1) is 9.79 Å². The summed E-state index contributed by atoms with van der Waals surface area (Å²) in [4.78, 5) is -0.0559. The molecule has 16 nitrogen and oxygen atoms in total. The molecule has 0 aliphatic heterocycles. The van der Waals surface area contributed by atoms with Gasteiger partial charge in [-0.2, -0.15) is 0 Å². The molecule has 0 aromatic heterocycles. The first-order valence-electron chi connectivity index (χ1n) is 16.4. The molecule has 6 rings (SSSR count). The van der Waals surface area contributed by atoms with Gasteiger partial charge in [-0.05, 0) is 60.7 Å². The summed E-state index contributed by atoms with van der Waals surface area (Å²) in [6.45, 7) is 0. The molecular formula is C38H30Cl2FeN10NaO6S2-. The van der Waals surface area contributed by atoms with Gasteiger partial charge in [-0.25, -0.2) is 27.1 Å². The van der Waals surface area contributed by atoms with Gasteiger partial charge in [-0.3, -0.25) is 0 Å². The molecule has 0 aliphatic rings. The Hall–Kier alpha value is -5.02. The van der Waals surface area contributed by atoms with Gasteiger partial charge >= 0.3 is 29.6 Å². The van der Waals surface area contributed by atoms with Crippen LogP contribution in [-0.4, -0.2) is 38.7 Å². The molecule has 0 unspecified atom stereocenters. The molecule has 22 heteroatoms. The van der Waals surface area contributed by atoms with E-state index in [1.165, 1.54) is 84.9 Å². The molecule has 0 heterocycles. The average Bonchev–Trinajstić information content (AvgIpc) is 3.21. The summed E-state index contributed by atoms with van der Waals surface area (Å²) < 4.78 is 45.3. The van der Waals surface area contributed by atoms with Crippen molar-refractivity contribution in [3.05, 3.63) is 178 Å². The summed E-state index contributed by atoms with van der Waals surface area (Å²) in [6, 6.07) is 38.0. The van der Waals surface area contributed by atoms with E-state index in [0.717, 1.165) is 0 Å². The molecule has 6 aromatic rings. The minimum Gasteiger partial charge on any atom is -0.574 e. The van der Waals surface area contributed by atoms with Crippen LogP contribution in [0.25, 0.3) is 10.9 Å². The summed E-state index contributed by atoms with van der Waals surface area (Å²) >= 11 is 11.8. The minimum atomic E-state index is -3.79. The molecule has 304 valence electrons. The Morgan fingerprint density at radius 2 is 0.850 bits per heavy atom. The number of aromatic hydroxyl groups is 2. The van der Waals surface area contributed by atoms with Crippen LogP contribution in [0.5, 0.6) is 11.5 Å². The first-order chi connectivity index (χ1) is 27.7. The first-order valence-corrected chi connectivity index (χ1v) is 20.2. The first kappa shape index (κ1) is 49.3. The summed E-state index contributed by atoms with van der Waals surface area (Å²) in [7, 11) is -7.57. The van der Waals surface area contributed by atoms with Gasteiger partial charge in [-0.1, -0.05) is 108 Å². The van der Waals surface area contributed by atoms with Crippen LogP contribution in [0.15, 0.2) is 186 Å². The van der Waals surface area contributed by atoms with E-state index in [4.69, 9.17) is 33.5 Å². The maximum Gasteiger partial charge on any atom is 1.00 e. The Morgan fingerprint density at radius 1 is 0.517 bits per heavy atom. The quantitative estimate of drug-likeness (QED) is 0.0382. The van der Waals surface area contributed by atoms with E-state index >= 15 is 0 Å². The fourth-order valence-electron chi connectivity index (χ4n) is 4.42. The predicted molar refractivity (Wildman–Crippen MR) is 223 cm³/mol. The van der Waals surface area contributed by atoms with Gasteiger partial charge in [0.1, 0.15) is 22.9 Å². The van der Waals surface area contributed by atoms with Crippen LogP contribution >= 0.6 is 23.2 Å². The van der Waals surface area contributed by atoms with E-state index in [0.29, 0.717) is 32.5 Å². The van der Waals surface area contributed by atoms with E-state index in [1.54, 1.807) is 48.5 Å². The number of phenols is 2. The molecule has 0 atom stereocenters. The van der Waals surface area contributed by atoms with Crippen molar-refractivity contribution in [3.63, 3.8) is 0 Å². The average molecular weight is 937 g/mol. The molecule has 0 saturated heterocycles. The Labute approximate surface area is 388 Å². The van der Waals surface area contributed by atoms with Crippen molar-refractivity contribution in [1.29, 1.82) is 0 Å². The van der Waals surface area contributed by atoms with E-state index in [-0.39, 0.29) is 91.0 Å². The van der Waals surface area contributed by atoms with Gasteiger partial charge in [0.2, 0.25) is 20.0 Å². The zero-order valence-electron chi connectivity index (χ0n) is 31.0. The summed E-state index contributed by atoms with van der Waals surface area (Å²) in [5.41, 5.74) is 10.6. The molecule has 0 saturated carbocycles. The largest absolute Gasteiger partial charge is 1.00 e. The number of benzene rings is 6. The smallest absolute Gasteiger partial charge is 0.574 e. The minimum absolute atomic E-state index is 0. The third kappa shape index (κ3) is 15.2. The van der Waals surface area contributed by atoms with Crippen LogP contribution in [0, 0.1) is 0 Å². The number of azo groups is 2. The molecule has 0 amide bonds. The third-order valence-electron chi connectivity index (χ3n) is 7.29. The van der Waals surface area contributed by atoms with Crippen LogP contribution in [0.1, 0.15) is 11.1 Å². The van der Waals surface area contributed by atoms with E-state index in [9.17, 15) is 27.0 Å². The Bertz CT molecular complexity index is 2530. The zero-order chi connectivity index (χ0) is 41.7. The number of primary sulfonamides is 2. The molecule has 6 N–H and O–H groups in total. The van der Waals surface area contributed by atoms with Crippen molar-refractivity contribution < 1.29 is 73.7 Å². The van der Waals surface area contributed by atoms with Crippen molar-refractivity contribution >= 4 is 77.7 Å². The van der Waals surface area contributed by atoms with Crippen molar-refractivity contribution in [2.45, 2.75) is 9.79 Å². The Kier molecular flexibility index (Phi) is 19.0. The standard InChI is InChI=1S/2C19H15ClN5O3S.Fe.Na/c2*20-14-6-11-18(26)17(12-14)23-25-19(13-4-2-1-3-5-13)24-22-15-7-9-16(10-8-15)29(21,27)28;;/h2*1-12H,(H3-,21,22,23,24,25,26,27,28);;/q2*-1;;+1. The topological polar surface area (TPSA) is 263 Å². The second kappa shape index (κ2) is 23.1. The summed E-state index contributed by atoms with van der Waals surface area (Å²) in [6.07, 6.45) is 0. The van der Waals surface area contributed by atoms with Crippen LogP contribution in [-0.2, 0) is 37.1 Å². The molecule has 0 spiro atoms. The molecule has 60 heavy (non-hydrogen) atoms. The SMILES string of the molecule is NS(=O)(=O)c1ccc([N-]/N=C(\N=Nc2cc(Cl)ccc2O)c2ccccc2)cc1.NS(=O)(=O)c1ccc([N-]/N=C(\N=Nc2cc(Cl)ccc2O)c2ccccc2)cc1.[Fe].[Na+]. The van der Waals surface area contributed by atoms with E-state index in [2.05, 4.69) is 41.5 Å². The second-order valence-corrected chi connectivity index (χ2v) is 15.5. The van der Waals surface area contributed by atoms with Crippen molar-refractivity contribution in [2.24, 2.45) is 40.9 Å². The molecule has 0 fully saturated rings. The molecular weight excluding hydrogens is 906 g/mol. The van der Waals surface area contributed by atoms with Crippen LogP contribution in [0.2, 0.25) is 10.0 Å².